The molecule has 0 spiro atoms. The fourth-order valence-corrected chi connectivity index (χ4v) is 2.12. The van der Waals surface area contributed by atoms with E-state index in [1.807, 2.05) is 13.0 Å². The van der Waals surface area contributed by atoms with Gasteiger partial charge in [0.05, 0.1) is 5.56 Å². The van der Waals surface area contributed by atoms with Crippen molar-refractivity contribution in [1.29, 1.82) is 0 Å². The number of aromatic carboxylic acids is 1. The first-order valence-corrected chi connectivity index (χ1v) is 6.69. The Morgan fingerprint density at radius 1 is 1.28 bits per heavy atom. The van der Waals surface area contributed by atoms with Crippen LogP contribution in [0.5, 0.6) is 0 Å². The predicted molar refractivity (Wildman–Crippen MR) is 75.4 cm³/mol. The minimum absolute atomic E-state index is 0.342. The maximum Gasteiger partial charge on any atom is 0.335 e. The quantitative estimate of drug-likeness (QED) is 0.765. The van der Waals surface area contributed by atoms with Gasteiger partial charge < -0.3 is 10.4 Å². The SMILES string of the molecule is CCCC(CCC)Nc1cc(C(=O)O)ccc1C. The highest BCUT2D eigenvalue weighted by Gasteiger charge is 2.10. The topological polar surface area (TPSA) is 49.3 Å². The highest BCUT2D eigenvalue weighted by atomic mass is 16.4. The molecule has 100 valence electrons. The lowest BCUT2D eigenvalue weighted by Crippen LogP contribution is -2.19. The van der Waals surface area contributed by atoms with Gasteiger partial charge in [0.25, 0.3) is 0 Å². The van der Waals surface area contributed by atoms with Crippen LogP contribution in [0.25, 0.3) is 0 Å². The van der Waals surface area contributed by atoms with Crippen molar-refractivity contribution < 1.29 is 9.90 Å². The normalized spacial score (nSPS) is 10.7. The Hall–Kier alpha value is -1.51. The molecule has 0 bridgehead atoms. The van der Waals surface area contributed by atoms with Crippen molar-refractivity contribution in [1.82, 2.24) is 0 Å². The third-order valence-electron chi connectivity index (χ3n) is 3.12. The number of anilines is 1. The molecule has 2 N–H and O–H groups in total. The fourth-order valence-electron chi connectivity index (χ4n) is 2.12. The summed E-state index contributed by atoms with van der Waals surface area (Å²) in [4.78, 5) is 11.0. The number of rotatable bonds is 7. The summed E-state index contributed by atoms with van der Waals surface area (Å²) < 4.78 is 0. The summed E-state index contributed by atoms with van der Waals surface area (Å²) in [6, 6.07) is 5.68. The molecule has 0 unspecified atom stereocenters. The van der Waals surface area contributed by atoms with Gasteiger partial charge in [0, 0.05) is 11.7 Å². The van der Waals surface area contributed by atoms with Crippen LogP contribution in [0, 0.1) is 6.92 Å². The smallest absolute Gasteiger partial charge is 0.335 e. The first-order chi connectivity index (χ1) is 8.58. The number of benzene rings is 1. The minimum atomic E-state index is -0.874. The Kier molecular flexibility index (Phi) is 5.69. The predicted octanol–water partition coefficient (Wildman–Crippen LogP) is 4.07. The van der Waals surface area contributed by atoms with E-state index < -0.39 is 5.97 Å². The molecule has 0 aliphatic rings. The number of carboxylic acid groups (broad SMARTS) is 1. The zero-order chi connectivity index (χ0) is 13.5. The first-order valence-electron chi connectivity index (χ1n) is 6.69. The molecule has 0 atom stereocenters. The van der Waals surface area contributed by atoms with Gasteiger partial charge in [-0.2, -0.15) is 0 Å². The van der Waals surface area contributed by atoms with Crippen molar-refractivity contribution >= 4 is 11.7 Å². The van der Waals surface area contributed by atoms with Crippen LogP contribution < -0.4 is 5.32 Å². The lowest BCUT2D eigenvalue weighted by Gasteiger charge is -2.20. The maximum atomic E-state index is 11.0. The summed E-state index contributed by atoms with van der Waals surface area (Å²) in [5.74, 6) is -0.874. The second-order valence-electron chi connectivity index (χ2n) is 4.75. The molecule has 3 nitrogen and oxygen atoms in total. The standard InChI is InChI=1S/C15H23NO2/c1-4-6-13(7-5-2)16-14-10-12(15(17)18)9-8-11(14)3/h8-10,13,16H,4-7H2,1-3H3,(H,17,18). The minimum Gasteiger partial charge on any atom is -0.478 e. The second kappa shape index (κ2) is 7.04. The number of hydrogen-bond acceptors (Lipinski definition) is 2. The van der Waals surface area contributed by atoms with E-state index >= 15 is 0 Å². The fraction of sp³-hybridized carbons (Fsp3) is 0.533. The molecule has 1 aromatic carbocycles. The molecule has 1 rings (SSSR count). The molecule has 0 fully saturated rings. The van der Waals surface area contributed by atoms with Crippen LogP contribution in [0.2, 0.25) is 0 Å². The van der Waals surface area contributed by atoms with Gasteiger partial charge in [-0.1, -0.05) is 32.8 Å². The number of carboxylic acids is 1. The van der Waals surface area contributed by atoms with Crippen molar-refractivity contribution in [2.24, 2.45) is 0 Å². The molecule has 18 heavy (non-hydrogen) atoms. The zero-order valence-electron chi connectivity index (χ0n) is 11.5. The molecular formula is C15H23NO2. The molecule has 0 aliphatic heterocycles. The van der Waals surface area contributed by atoms with Crippen LogP contribution in [0.1, 0.15) is 55.5 Å². The Labute approximate surface area is 109 Å². The lowest BCUT2D eigenvalue weighted by molar-refractivity contribution is 0.0697. The molecule has 0 heterocycles. The van der Waals surface area contributed by atoms with E-state index in [0.29, 0.717) is 11.6 Å². The molecular weight excluding hydrogens is 226 g/mol. The van der Waals surface area contributed by atoms with E-state index in [-0.39, 0.29) is 0 Å². The Morgan fingerprint density at radius 3 is 2.39 bits per heavy atom. The molecule has 0 saturated heterocycles. The number of nitrogens with one attached hydrogen (secondary N) is 1. The van der Waals surface area contributed by atoms with Gasteiger partial charge in [0.2, 0.25) is 0 Å². The van der Waals surface area contributed by atoms with Crippen LogP contribution in [-0.2, 0) is 0 Å². The van der Waals surface area contributed by atoms with Gasteiger partial charge in [-0.15, -0.1) is 0 Å². The van der Waals surface area contributed by atoms with Gasteiger partial charge in [0.15, 0.2) is 0 Å². The Bertz CT molecular complexity index is 395. The second-order valence-corrected chi connectivity index (χ2v) is 4.75. The van der Waals surface area contributed by atoms with Gasteiger partial charge >= 0.3 is 5.97 Å². The van der Waals surface area contributed by atoms with Gasteiger partial charge in [-0.3, -0.25) is 0 Å². The van der Waals surface area contributed by atoms with Crippen LogP contribution in [0.15, 0.2) is 18.2 Å². The summed E-state index contributed by atoms with van der Waals surface area (Å²) in [5, 5.41) is 12.5. The lowest BCUT2D eigenvalue weighted by atomic mass is 10.0. The van der Waals surface area contributed by atoms with Crippen molar-refractivity contribution in [2.45, 2.75) is 52.5 Å². The highest BCUT2D eigenvalue weighted by Crippen LogP contribution is 2.20. The van der Waals surface area contributed by atoms with E-state index in [1.165, 1.54) is 0 Å². The summed E-state index contributed by atoms with van der Waals surface area (Å²) >= 11 is 0. The van der Waals surface area contributed by atoms with Crippen LogP contribution in [-0.4, -0.2) is 17.1 Å². The Morgan fingerprint density at radius 2 is 1.89 bits per heavy atom. The van der Waals surface area contributed by atoms with Gasteiger partial charge in [-0.05, 0) is 37.5 Å². The summed E-state index contributed by atoms with van der Waals surface area (Å²) in [6.45, 7) is 6.35. The molecule has 0 saturated carbocycles. The molecule has 0 amide bonds. The van der Waals surface area contributed by atoms with Gasteiger partial charge in [0.1, 0.15) is 0 Å². The molecule has 3 heteroatoms. The van der Waals surface area contributed by atoms with Crippen molar-refractivity contribution in [3.63, 3.8) is 0 Å². The van der Waals surface area contributed by atoms with Crippen molar-refractivity contribution in [3.8, 4) is 0 Å². The van der Waals surface area contributed by atoms with E-state index in [9.17, 15) is 4.79 Å². The number of carbonyl (C=O) groups is 1. The van der Waals surface area contributed by atoms with Crippen LogP contribution >= 0.6 is 0 Å². The molecule has 0 aliphatic carbocycles. The van der Waals surface area contributed by atoms with E-state index in [1.54, 1.807) is 12.1 Å². The summed E-state index contributed by atoms with van der Waals surface area (Å²) in [6.07, 6.45) is 4.50. The zero-order valence-corrected chi connectivity index (χ0v) is 11.5. The summed E-state index contributed by atoms with van der Waals surface area (Å²) in [7, 11) is 0. The third-order valence-corrected chi connectivity index (χ3v) is 3.12. The van der Waals surface area contributed by atoms with Crippen LogP contribution in [0.3, 0.4) is 0 Å². The average molecular weight is 249 g/mol. The van der Waals surface area contributed by atoms with Crippen LogP contribution in [0.4, 0.5) is 5.69 Å². The first kappa shape index (κ1) is 14.6. The van der Waals surface area contributed by atoms with Gasteiger partial charge in [-0.25, -0.2) is 4.79 Å². The maximum absolute atomic E-state index is 11.0. The van der Waals surface area contributed by atoms with E-state index in [4.69, 9.17) is 5.11 Å². The van der Waals surface area contributed by atoms with Crippen molar-refractivity contribution in [3.05, 3.63) is 29.3 Å². The average Bonchev–Trinajstić information content (AvgIpc) is 2.32. The summed E-state index contributed by atoms with van der Waals surface area (Å²) in [5.41, 5.74) is 2.38. The van der Waals surface area contributed by atoms with E-state index in [0.717, 1.165) is 36.9 Å². The molecule has 0 radical (unpaired) electrons. The Balaban J connectivity index is 2.86. The monoisotopic (exact) mass is 249 g/mol. The molecule has 1 aromatic rings. The van der Waals surface area contributed by atoms with E-state index in [2.05, 4.69) is 19.2 Å². The van der Waals surface area contributed by atoms with Crippen molar-refractivity contribution in [2.75, 3.05) is 5.32 Å². The number of aryl methyl sites for hydroxylation is 1. The number of hydrogen-bond donors (Lipinski definition) is 2. The molecule has 0 aromatic heterocycles. The highest BCUT2D eigenvalue weighted by molar-refractivity contribution is 5.89. The third kappa shape index (κ3) is 4.06. The largest absolute Gasteiger partial charge is 0.478 e.